The molecule has 23 heavy (non-hydrogen) atoms. The second-order valence-corrected chi connectivity index (χ2v) is 7.10. The van der Waals surface area contributed by atoms with Crippen molar-refractivity contribution in [2.75, 3.05) is 16.9 Å². The van der Waals surface area contributed by atoms with Crippen LogP contribution in [0.2, 0.25) is 10.0 Å². The number of halogens is 2. The smallest absolute Gasteiger partial charge is 0.234 e. The summed E-state index contributed by atoms with van der Waals surface area (Å²) >= 11 is 13.5. The van der Waals surface area contributed by atoms with E-state index in [9.17, 15) is 4.79 Å². The third kappa shape index (κ3) is 3.57. The summed E-state index contributed by atoms with van der Waals surface area (Å²) in [6.45, 7) is 1.85. The summed E-state index contributed by atoms with van der Waals surface area (Å²) in [6.07, 6.45) is 2.18. The zero-order valence-electron chi connectivity index (χ0n) is 12.3. The molecule has 0 spiro atoms. The van der Waals surface area contributed by atoms with Crippen LogP contribution in [0, 0.1) is 6.92 Å². The third-order valence-corrected chi connectivity index (χ3v) is 5.26. The summed E-state index contributed by atoms with van der Waals surface area (Å²) in [5.74, 6) is 7.03. The molecule has 6 nitrogen and oxygen atoms in total. The molecule has 1 aliphatic rings. The number of aryl methyl sites for hydroxylation is 1. The number of nitrogens with one attached hydrogen (secondary N) is 1. The predicted octanol–water partition coefficient (Wildman–Crippen LogP) is 3.22. The Hall–Kier alpha value is -1.44. The van der Waals surface area contributed by atoms with E-state index >= 15 is 0 Å². The first-order valence-corrected chi connectivity index (χ1v) is 8.79. The molecule has 1 saturated carbocycles. The van der Waals surface area contributed by atoms with Crippen molar-refractivity contribution in [3.05, 3.63) is 33.6 Å². The molecular weight excluding hydrogens is 357 g/mol. The summed E-state index contributed by atoms with van der Waals surface area (Å²) in [5, 5.41) is 12.2. The first-order valence-electron chi connectivity index (χ1n) is 7.05. The second kappa shape index (κ2) is 6.59. The number of nitrogens with two attached hydrogens (primary N) is 1. The number of nitrogens with zero attached hydrogens (tertiary/aromatic N) is 3. The van der Waals surface area contributed by atoms with E-state index in [1.54, 1.807) is 12.1 Å². The average molecular weight is 372 g/mol. The quantitative estimate of drug-likeness (QED) is 0.622. The van der Waals surface area contributed by atoms with Gasteiger partial charge in [-0.15, -0.1) is 10.2 Å². The SMILES string of the molecule is Cc1ccc(Cl)c(NC(=O)CSc2nnc(C3CC3)n2N)c1Cl. The van der Waals surface area contributed by atoms with Crippen LogP contribution in [0.5, 0.6) is 0 Å². The number of hydrogen-bond acceptors (Lipinski definition) is 5. The van der Waals surface area contributed by atoms with Gasteiger partial charge in [0.05, 0.1) is 21.5 Å². The average Bonchev–Trinajstić information content (AvgIpc) is 3.30. The summed E-state index contributed by atoms with van der Waals surface area (Å²) in [5.41, 5.74) is 1.27. The van der Waals surface area contributed by atoms with Crippen molar-refractivity contribution >= 4 is 46.6 Å². The molecule has 0 aliphatic heterocycles. The Bertz CT molecular complexity index is 760. The molecule has 1 amide bonds. The van der Waals surface area contributed by atoms with Crippen LogP contribution in [0.15, 0.2) is 17.3 Å². The lowest BCUT2D eigenvalue weighted by Crippen LogP contribution is -2.17. The zero-order valence-corrected chi connectivity index (χ0v) is 14.7. The summed E-state index contributed by atoms with van der Waals surface area (Å²) in [4.78, 5) is 12.1. The molecule has 9 heteroatoms. The molecule has 2 aromatic rings. The molecule has 0 unspecified atom stereocenters. The molecule has 0 radical (unpaired) electrons. The van der Waals surface area contributed by atoms with Crippen LogP contribution < -0.4 is 11.2 Å². The molecule has 0 saturated heterocycles. The van der Waals surface area contributed by atoms with Crippen molar-refractivity contribution in [3.63, 3.8) is 0 Å². The fraction of sp³-hybridized carbons (Fsp3) is 0.357. The molecule has 1 aliphatic carbocycles. The minimum atomic E-state index is -0.236. The summed E-state index contributed by atoms with van der Waals surface area (Å²) in [6, 6.07) is 3.50. The van der Waals surface area contributed by atoms with Gasteiger partial charge in [0.15, 0.2) is 5.82 Å². The maximum Gasteiger partial charge on any atom is 0.234 e. The first kappa shape index (κ1) is 16.4. The van der Waals surface area contributed by atoms with Crippen LogP contribution in [0.25, 0.3) is 0 Å². The van der Waals surface area contributed by atoms with Gasteiger partial charge in [0.1, 0.15) is 0 Å². The number of amides is 1. The highest BCUT2D eigenvalue weighted by molar-refractivity contribution is 7.99. The van der Waals surface area contributed by atoms with Crippen LogP contribution in [0.1, 0.15) is 30.1 Å². The molecular formula is C14H15Cl2N5OS. The van der Waals surface area contributed by atoms with E-state index in [-0.39, 0.29) is 11.7 Å². The number of carbonyl (C=O) groups is 1. The summed E-state index contributed by atoms with van der Waals surface area (Å²) < 4.78 is 1.46. The van der Waals surface area contributed by atoms with Crippen molar-refractivity contribution in [1.82, 2.24) is 14.9 Å². The third-order valence-electron chi connectivity index (χ3n) is 3.51. The highest BCUT2D eigenvalue weighted by atomic mass is 35.5. The second-order valence-electron chi connectivity index (χ2n) is 5.38. The minimum Gasteiger partial charge on any atom is -0.336 e. The largest absolute Gasteiger partial charge is 0.336 e. The van der Waals surface area contributed by atoms with Crippen LogP contribution in [-0.4, -0.2) is 26.5 Å². The van der Waals surface area contributed by atoms with E-state index in [0.717, 1.165) is 24.2 Å². The molecule has 1 heterocycles. The van der Waals surface area contributed by atoms with Gasteiger partial charge >= 0.3 is 0 Å². The fourth-order valence-corrected chi connectivity index (χ4v) is 3.21. The van der Waals surface area contributed by atoms with E-state index in [2.05, 4.69) is 15.5 Å². The van der Waals surface area contributed by atoms with Crippen molar-refractivity contribution < 1.29 is 4.79 Å². The first-order chi connectivity index (χ1) is 11.0. The number of nitrogen functional groups attached to an aromatic ring is 1. The Morgan fingerprint density at radius 1 is 1.43 bits per heavy atom. The van der Waals surface area contributed by atoms with Crippen LogP contribution in [0.3, 0.4) is 0 Å². The molecule has 3 rings (SSSR count). The van der Waals surface area contributed by atoms with Gasteiger partial charge in [-0.2, -0.15) is 0 Å². The van der Waals surface area contributed by atoms with Crippen LogP contribution in [-0.2, 0) is 4.79 Å². The predicted molar refractivity (Wildman–Crippen MR) is 92.7 cm³/mol. The molecule has 3 N–H and O–H groups in total. The van der Waals surface area contributed by atoms with Gasteiger partial charge in [0, 0.05) is 5.92 Å². The zero-order chi connectivity index (χ0) is 16.6. The van der Waals surface area contributed by atoms with Gasteiger partial charge < -0.3 is 11.2 Å². The van der Waals surface area contributed by atoms with Crippen molar-refractivity contribution in [2.24, 2.45) is 0 Å². The van der Waals surface area contributed by atoms with Gasteiger partial charge in [-0.1, -0.05) is 41.0 Å². The Morgan fingerprint density at radius 3 is 2.87 bits per heavy atom. The van der Waals surface area contributed by atoms with Crippen LogP contribution in [0.4, 0.5) is 5.69 Å². The van der Waals surface area contributed by atoms with Gasteiger partial charge in [-0.3, -0.25) is 4.79 Å². The number of benzene rings is 1. The van der Waals surface area contributed by atoms with E-state index in [1.807, 2.05) is 6.92 Å². The molecule has 1 fully saturated rings. The van der Waals surface area contributed by atoms with Gasteiger partial charge in [0.2, 0.25) is 11.1 Å². The maximum atomic E-state index is 12.1. The Labute approximate surface area is 147 Å². The minimum absolute atomic E-state index is 0.139. The van der Waals surface area contributed by atoms with Crippen molar-refractivity contribution in [2.45, 2.75) is 30.8 Å². The monoisotopic (exact) mass is 371 g/mol. The van der Waals surface area contributed by atoms with Gasteiger partial charge in [0.25, 0.3) is 0 Å². The number of rotatable bonds is 5. The molecule has 122 valence electrons. The van der Waals surface area contributed by atoms with Crippen LogP contribution >= 0.6 is 35.0 Å². The van der Waals surface area contributed by atoms with Gasteiger partial charge in [-0.05, 0) is 31.4 Å². The fourth-order valence-electron chi connectivity index (χ4n) is 2.08. The topological polar surface area (TPSA) is 85.8 Å². The number of anilines is 1. The number of thioether (sulfide) groups is 1. The highest BCUT2D eigenvalue weighted by Crippen LogP contribution is 2.39. The highest BCUT2D eigenvalue weighted by Gasteiger charge is 2.30. The molecule has 1 aromatic heterocycles. The van der Waals surface area contributed by atoms with Crippen molar-refractivity contribution in [1.29, 1.82) is 0 Å². The van der Waals surface area contributed by atoms with Crippen molar-refractivity contribution in [3.8, 4) is 0 Å². The van der Waals surface area contributed by atoms with E-state index in [0.29, 0.717) is 26.8 Å². The lowest BCUT2D eigenvalue weighted by atomic mass is 10.2. The lowest BCUT2D eigenvalue weighted by molar-refractivity contribution is -0.113. The Balaban J connectivity index is 1.63. The molecule has 1 aromatic carbocycles. The van der Waals surface area contributed by atoms with E-state index < -0.39 is 0 Å². The standard InChI is InChI=1S/C14H15Cl2N5OS/c1-7-2-5-9(15)12(11(7)16)18-10(22)6-23-14-20-19-13(21(14)17)8-3-4-8/h2,5,8H,3-4,6,17H2,1H3,(H,18,22). The Morgan fingerprint density at radius 2 is 2.17 bits per heavy atom. The van der Waals surface area contributed by atoms with Gasteiger partial charge in [-0.25, -0.2) is 4.68 Å². The van der Waals surface area contributed by atoms with E-state index in [4.69, 9.17) is 29.0 Å². The normalized spacial score (nSPS) is 14.0. The number of carbonyl (C=O) groups excluding carboxylic acids is 1. The van der Waals surface area contributed by atoms with E-state index in [1.165, 1.54) is 16.4 Å². The lowest BCUT2D eigenvalue weighted by Gasteiger charge is -2.10. The Kier molecular flexibility index (Phi) is 4.70. The maximum absolute atomic E-state index is 12.1. The molecule has 0 bridgehead atoms. The number of aromatic nitrogens is 3. The molecule has 0 atom stereocenters. The number of hydrogen-bond donors (Lipinski definition) is 2. The summed E-state index contributed by atoms with van der Waals surface area (Å²) in [7, 11) is 0.